The lowest BCUT2D eigenvalue weighted by molar-refractivity contribution is -0.116. The second-order valence-electron chi connectivity index (χ2n) is 5.94. The number of benzene rings is 1. The van der Waals surface area contributed by atoms with Gasteiger partial charge in [-0.2, -0.15) is 5.26 Å². The van der Waals surface area contributed by atoms with E-state index in [0.29, 0.717) is 47.7 Å². The molecule has 1 atom stereocenters. The number of nitrogens with zero attached hydrogens (tertiary/aromatic N) is 1. The first kappa shape index (κ1) is 17.4. The summed E-state index contributed by atoms with van der Waals surface area (Å²) in [5, 5.41) is 9.59. The van der Waals surface area contributed by atoms with Crippen molar-refractivity contribution in [1.82, 2.24) is 0 Å². The molecule has 0 aromatic heterocycles. The Bertz CT molecular complexity index is 899. The molecule has 0 saturated heterocycles. The number of ether oxygens (including phenoxy) is 3. The van der Waals surface area contributed by atoms with E-state index in [1.807, 2.05) is 0 Å². The van der Waals surface area contributed by atoms with E-state index in [1.165, 1.54) is 7.11 Å². The van der Waals surface area contributed by atoms with Crippen LogP contribution in [0, 0.1) is 23.7 Å². The first-order valence-corrected chi connectivity index (χ1v) is 8.18. The van der Waals surface area contributed by atoms with E-state index in [1.54, 1.807) is 18.2 Å². The van der Waals surface area contributed by atoms with E-state index in [2.05, 4.69) is 12.0 Å². The van der Waals surface area contributed by atoms with Crippen LogP contribution in [0.15, 0.2) is 41.0 Å². The van der Waals surface area contributed by atoms with Crippen molar-refractivity contribution in [2.75, 3.05) is 13.7 Å². The third-order valence-electron chi connectivity index (χ3n) is 4.44. The van der Waals surface area contributed by atoms with Crippen LogP contribution in [-0.2, 0) is 9.53 Å². The number of carbonyl (C=O) groups excluding carboxylic acids is 1. The minimum Gasteiger partial charge on any atom is -0.493 e. The Balaban J connectivity index is 2.11. The number of rotatable bonds is 4. The average Bonchev–Trinajstić information content (AvgIpc) is 2.65. The van der Waals surface area contributed by atoms with Gasteiger partial charge in [0.2, 0.25) is 5.88 Å². The summed E-state index contributed by atoms with van der Waals surface area (Å²) < 4.78 is 16.4. The predicted molar refractivity (Wildman–Crippen MR) is 93.9 cm³/mol. The molecule has 0 radical (unpaired) electrons. The molecule has 0 bridgehead atoms. The Labute approximate surface area is 151 Å². The third kappa shape index (κ3) is 2.98. The van der Waals surface area contributed by atoms with Gasteiger partial charge in [0.1, 0.15) is 24.0 Å². The minimum atomic E-state index is -0.577. The fourth-order valence-electron chi connectivity index (χ4n) is 3.29. The molecule has 26 heavy (non-hydrogen) atoms. The van der Waals surface area contributed by atoms with Gasteiger partial charge in [0.05, 0.1) is 13.0 Å². The number of ketones is 1. The smallest absolute Gasteiger partial charge is 0.205 e. The topological polar surface area (TPSA) is 94.6 Å². The van der Waals surface area contributed by atoms with Gasteiger partial charge < -0.3 is 19.9 Å². The van der Waals surface area contributed by atoms with Gasteiger partial charge in [-0.3, -0.25) is 4.79 Å². The summed E-state index contributed by atoms with van der Waals surface area (Å²) in [4.78, 5) is 12.6. The zero-order valence-electron chi connectivity index (χ0n) is 14.4. The van der Waals surface area contributed by atoms with Crippen LogP contribution in [0.2, 0.25) is 0 Å². The monoisotopic (exact) mass is 350 g/mol. The number of nitriles is 1. The molecule has 1 heterocycles. The first-order chi connectivity index (χ1) is 12.6. The van der Waals surface area contributed by atoms with Gasteiger partial charge in [0, 0.05) is 18.4 Å². The Morgan fingerprint density at radius 1 is 1.38 bits per heavy atom. The van der Waals surface area contributed by atoms with Crippen molar-refractivity contribution in [1.29, 1.82) is 5.26 Å². The number of hydrogen-bond acceptors (Lipinski definition) is 6. The highest BCUT2D eigenvalue weighted by atomic mass is 16.5. The number of allylic oxidation sites excluding steroid dienone is 3. The molecule has 3 rings (SSSR count). The van der Waals surface area contributed by atoms with E-state index in [-0.39, 0.29) is 23.8 Å². The van der Waals surface area contributed by atoms with Crippen molar-refractivity contribution in [3.63, 3.8) is 0 Å². The van der Waals surface area contributed by atoms with Crippen molar-refractivity contribution in [2.24, 2.45) is 5.73 Å². The van der Waals surface area contributed by atoms with Crippen LogP contribution in [0.1, 0.15) is 30.7 Å². The van der Waals surface area contributed by atoms with Gasteiger partial charge in [-0.25, -0.2) is 0 Å². The van der Waals surface area contributed by atoms with Crippen molar-refractivity contribution in [3.8, 4) is 29.9 Å². The highest BCUT2D eigenvalue weighted by Crippen LogP contribution is 2.44. The van der Waals surface area contributed by atoms with Crippen molar-refractivity contribution >= 4 is 5.78 Å². The highest BCUT2D eigenvalue weighted by molar-refractivity contribution is 5.99. The summed E-state index contributed by atoms with van der Waals surface area (Å²) in [6, 6.07) is 7.31. The van der Waals surface area contributed by atoms with Crippen molar-refractivity contribution < 1.29 is 19.0 Å². The van der Waals surface area contributed by atoms with Crippen LogP contribution in [0.3, 0.4) is 0 Å². The summed E-state index contributed by atoms with van der Waals surface area (Å²) in [6.07, 6.45) is 6.99. The number of Topliss-reactive ketones (excluding diaryl/α,β-unsaturated/α-hetero) is 1. The number of nitrogens with two attached hydrogens (primary N) is 1. The maximum atomic E-state index is 12.6. The molecule has 0 saturated carbocycles. The van der Waals surface area contributed by atoms with E-state index >= 15 is 0 Å². The molecule has 0 fully saturated rings. The number of terminal acetylenes is 1. The molecule has 1 aliphatic heterocycles. The van der Waals surface area contributed by atoms with Crippen molar-refractivity contribution in [3.05, 3.63) is 46.6 Å². The Morgan fingerprint density at radius 2 is 2.19 bits per heavy atom. The maximum Gasteiger partial charge on any atom is 0.205 e. The fourth-order valence-corrected chi connectivity index (χ4v) is 3.29. The highest BCUT2D eigenvalue weighted by Gasteiger charge is 2.38. The Morgan fingerprint density at radius 3 is 2.88 bits per heavy atom. The van der Waals surface area contributed by atoms with Crippen molar-refractivity contribution in [2.45, 2.75) is 25.2 Å². The molecular weight excluding hydrogens is 332 g/mol. The van der Waals surface area contributed by atoms with Gasteiger partial charge in [0.15, 0.2) is 17.3 Å². The lowest BCUT2D eigenvalue weighted by atomic mass is 9.77. The van der Waals surface area contributed by atoms with Crippen LogP contribution >= 0.6 is 0 Å². The SMILES string of the molecule is C#CCOc1ccc(C2C(C#N)=C(N)OC3=C2C(=O)CCC3)cc1OC. The Kier molecular flexibility index (Phi) is 4.86. The van der Waals surface area contributed by atoms with Crippen LogP contribution in [0.4, 0.5) is 0 Å². The summed E-state index contributed by atoms with van der Waals surface area (Å²) in [6.45, 7) is 0.108. The first-order valence-electron chi connectivity index (χ1n) is 8.18. The normalized spacial score (nSPS) is 19.2. The van der Waals surface area contributed by atoms with Gasteiger partial charge in [-0.05, 0) is 24.1 Å². The van der Waals surface area contributed by atoms with Crippen LogP contribution in [0.25, 0.3) is 0 Å². The maximum absolute atomic E-state index is 12.6. The third-order valence-corrected chi connectivity index (χ3v) is 4.44. The van der Waals surface area contributed by atoms with E-state index in [0.717, 1.165) is 0 Å². The molecule has 132 valence electrons. The largest absolute Gasteiger partial charge is 0.493 e. The fraction of sp³-hybridized carbons (Fsp3) is 0.300. The summed E-state index contributed by atoms with van der Waals surface area (Å²) >= 11 is 0. The van der Waals surface area contributed by atoms with Gasteiger partial charge in [0.25, 0.3) is 0 Å². The van der Waals surface area contributed by atoms with Gasteiger partial charge >= 0.3 is 0 Å². The molecule has 2 aliphatic rings. The summed E-state index contributed by atoms with van der Waals surface area (Å²) in [5.41, 5.74) is 7.38. The molecule has 1 unspecified atom stereocenters. The molecule has 0 spiro atoms. The number of methoxy groups -OCH3 is 1. The van der Waals surface area contributed by atoms with Gasteiger partial charge in [-0.15, -0.1) is 6.42 Å². The Hall–Kier alpha value is -3.38. The van der Waals surface area contributed by atoms with Crippen LogP contribution < -0.4 is 15.2 Å². The van der Waals surface area contributed by atoms with Crippen LogP contribution in [0.5, 0.6) is 11.5 Å². The standard InChI is InChI=1S/C20H18N2O4/c1-3-9-25-15-8-7-12(10-17(15)24-2)18-13(11-21)20(22)26-16-6-4-5-14(23)19(16)18/h1,7-8,10,18H,4-6,9,22H2,2H3. The summed E-state index contributed by atoms with van der Waals surface area (Å²) in [5.74, 6) is 3.34. The summed E-state index contributed by atoms with van der Waals surface area (Å²) in [7, 11) is 1.51. The van der Waals surface area contributed by atoms with E-state index < -0.39 is 5.92 Å². The quantitative estimate of drug-likeness (QED) is 0.839. The van der Waals surface area contributed by atoms with E-state index in [9.17, 15) is 10.1 Å². The molecular formula is C20H18N2O4. The molecule has 6 heteroatoms. The number of hydrogen-bond donors (Lipinski definition) is 1. The second kappa shape index (κ2) is 7.25. The van der Waals surface area contributed by atoms with Gasteiger partial charge in [-0.1, -0.05) is 12.0 Å². The average molecular weight is 350 g/mol. The number of carbonyl (C=O) groups is 1. The second-order valence-corrected chi connectivity index (χ2v) is 5.94. The molecule has 2 N–H and O–H groups in total. The molecule has 0 amide bonds. The zero-order chi connectivity index (χ0) is 18.7. The van der Waals surface area contributed by atoms with E-state index in [4.69, 9.17) is 26.4 Å². The minimum absolute atomic E-state index is 0.0249. The lowest BCUT2D eigenvalue weighted by Crippen LogP contribution is -2.27. The van der Waals surface area contributed by atoms with Crippen LogP contribution in [-0.4, -0.2) is 19.5 Å². The molecule has 1 aromatic rings. The predicted octanol–water partition coefficient (Wildman–Crippen LogP) is 2.52. The zero-order valence-corrected chi connectivity index (χ0v) is 14.4. The molecule has 1 aromatic carbocycles. The molecule has 6 nitrogen and oxygen atoms in total. The lowest BCUT2D eigenvalue weighted by Gasteiger charge is -2.31. The molecule has 1 aliphatic carbocycles.